The number of hydrogen-bond donors (Lipinski definition) is 0. The molecule has 0 saturated heterocycles. The second-order valence-electron chi connectivity index (χ2n) is 3.52. The standard InChI is InChI=1S/C14H13F/c1-2-11-10-13(15)8-9-14(11)12-6-4-3-5-7-12/h3-10H,2H2,1H3. The Labute approximate surface area is 89.4 Å². The fourth-order valence-electron chi connectivity index (χ4n) is 1.75. The molecule has 0 aliphatic carbocycles. The lowest BCUT2D eigenvalue weighted by molar-refractivity contribution is 0.626. The first kappa shape index (κ1) is 9.91. The van der Waals surface area contributed by atoms with E-state index in [-0.39, 0.29) is 5.82 Å². The maximum absolute atomic E-state index is 13.0. The van der Waals surface area contributed by atoms with Crippen molar-refractivity contribution in [3.05, 3.63) is 59.9 Å². The summed E-state index contributed by atoms with van der Waals surface area (Å²) >= 11 is 0. The van der Waals surface area contributed by atoms with Crippen LogP contribution in [0.15, 0.2) is 48.5 Å². The molecule has 0 radical (unpaired) electrons. The maximum Gasteiger partial charge on any atom is 0.123 e. The Bertz CT molecular complexity index is 446. The van der Waals surface area contributed by atoms with E-state index >= 15 is 0 Å². The average molecular weight is 200 g/mol. The fraction of sp³-hybridized carbons (Fsp3) is 0.143. The van der Waals surface area contributed by atoms with Gasteiger partial charge in [-0.2, -0.15) is 0 Å². The van der Waals surface area contributed by atoms with Crippen LogP contribution in [0, 0.1) is 5.82 Å². The molecule has 0 amide bonds. The molecule has 1 heteroatoms. The predicted octanol–water partition coefficient (Wildman–Crippen LogP) is 4.06. The zero-order chi connectivity index (χ0) is 10.7. The lowest BCUT2D eigenvalue weighted by atomic mass is 9.98. The van der Waals surface area contributed by atoms with Crippen molar-refractivity contribution in [2.75, 3.05) is 0 Å². The van der Waals surface area contributed by atoms with E-state index in [1.165, 1.54) is 6.07 Å². The molecule has 0 aliphatic heterocycles. The molecule has 0 spiro atoms. The van der Waals surface area contributed by atoms with Gasteiger partial charge in [0.25, 0.3) is 0 Å². The van der Waals surface area contributed by atoms with Gasteiger partial charge in [-0.1, -0.05) is 43.3 Å². The molecule has 76 valence electrons. The third kappa shape index (κ3) is 2.07. The maximum atomic E-state index is 13.0. The third-order valence-electron chi connectivity index (χ3n) is 2.53. The van der Waals surface area contributed by atoms with Crippen molar-refractivity contribution >= 4 is 0 Å². The summed E-state index contributed by atoms with van der Waals surface area (Å²) in [6, 6.07) is 15.1. The van der Waals surface area contributed by atoms with E-state index in [1.807, 2.05) is 43.3 Å². The first-order valence-corrected chi connectivity index (χ1v) is 5.15. The number of aryl methyl sites for hydroxylation is 1. The van der Waals surface area contributed by atoms with Crippen LogP contribution in [0.3, 0.4) is 0 Å². The van der Waals surface area contributed by atoms with Crippen LogP contribution in [-0.2, 0) is 6.42 Å². The molecule has 0 N–H and O–H groups in total. The van der Waals surface area contributed by atoms with Crippen LogP contribution in [-0.4, -0.2) is 0 Å². The SMILES string of the molecule is CCc1cc(F)ccc1-c1ccccc1. The zero-order valence-electron chi connectivity index (χ0n) is 8.70. The monoisotopic (exact) mass is 200 g/mol. The molecule has 0 aliphatic rings. The molecule has 2 aromatic rings. The Morgan fingerprint density at radius 3 is 2.40 bits per heavy atom. The summed E-state index contributed by atoms with van der Waals surface area (Å²) in [5.74, 6) is -0.161. The molecule has 0 heterocycles. The number of halogens is 1. The van der Waals surface area contributed by atoms with E-state index in [9.17, 15) is 4.39 Å². The summed E-state index contributed by atoms with van der Waals surface area (Å²) in [5, 5.41) is 0. The van der Waals surface area contributed by atoms with Gasteiger partial charge in [0, 0.05) is 0 Å². The largest absolute Gasteiger partial charge is 0.207 e. The number of rotatable bonds is 2. The highest BCUT2D eigenvalue weighted by Gasteiger charge is 2.03. The van der Waals surface area contributed by atoms with Gasteiger partial charge in [0.05, 0.1) is 0 Å². The van der Waals surface area contributed by atoms with E-state index in [4.69, 9.17) is 0 Å². The average Bonchev–Trinajstić information content (AvgIpc) is 2.30. The molecule has 2 aromatic carbocycles. The van der Waals surface area contributed by atoms with Crippen molar-refractivity contribution in [3.8, 4) is 11.1 Å². The van der Waals surface area contributed by atoms with Crippen molar-refractivity contribution < 1.29 is 4.39 Å². The molecule has 0 bridgehead atoms. The van der Waals surface area contributed by atoms with Crippen LogP contribution >= 0.6 is 0 Å². The zero-order valence-corrected chi connectivity index (χ0v) is 8.70. The van der Waals surface area contributed by atoms with E-state index in [1.54, 1.807) is 6.07 Å². The van der Waals surface area contributed by atoms with Gasteiger partial charge in [-0.25, -0.2) is 4.39 Å². The van der Waals surface area contributed by atoms with Gasteiger partial charge in [0.1, 0.15) is 5.82 Å². The molecule has 0 saturated carbocycles. The van der Waals surface area contributed by atoms with Gasteiger partial charge >= 0.3 is 0 Å². The van der Waals surface area contributed by atoms with Crippen molar-refractivity contribution in [2.24, 2.45) is 0 Å². The summed E-state index contributed by atoms with van der Waals surface area (Å²) < 4.78 is 13.0. The first-order valence-electron chi connectivity index (χ1n) is 5.15. The summed E-state index contributed by atoms with van der Waals surface area (Å²) in [6.45, 7) is 2.04. The Morgan fingerprint density at radius 2 is 1.73 bits per heavy atom. The molecule has 15 heavy (non-hydrogen) atoms. The van der Waals surface area contributed by atoms with E-state index in [2.05, 4.69) is 0 Å². The first-order chi connectivity index (χ1) is 7.31. The molecule has 0 fully saturated rings. The van der Waals surface area contributed by atoms with Crippen molar-refractivity contribution in [3.63, 3.8) is 0 Å². The predicted molar refractivity (Wildman–Crippen MR) is 61.2 cm³/mol. The highest BCUT2D eigenvalue weighted by molar-refractivity contribution is 5.67. The minimum atomic E-state index is -0.161. The van der Waals surface area contributed by atoms with E-state index < -0.39 is 0 Å². The third-order valence-corrected chi connectivity index (χ3v) is 2.53. The van der Waals surface area contributed by atoms with Crippen LogP contribution in [0.1, 0.15) is 12.5 Å². The number of hydrogen-bond acceptors (Lipinski definition) is 0. The minimum Gasteiger partial charge on any atom is -0.207 e. The van der Waals surface area contributed by atoms with Crippen LogP contribution in [0.2, 0.25) is 0 Å². The fourth-order valence-corrected chi connectivity index (χ4v) is 1.75. The van der Waals surface area contributed by atoms with Crippen molar-refractivity contribution in [2.45, 2.75) is 13.3 Å². The normalized spacial score (nSPS) is 10.3. The van der Waals surface area contributed by atoms with E-state index in [0.717, 1.165) is 23.1 Å². The summed E-state index contributed by atoms with van der Waals surface area (Å²) in [5.41, 5.74) is 3.33. The molecule has 0 atom stereocenters. The quantitative estimate of drug-likeness (QED) is 0.686. The van der Waals surface area contributed by atoms with Crippen molar-refractivity contribution in [1.29, 1.82) is 0 Å². The summed E-state index contributed by atoms with van der Waals surface area (Å²) in [7, 11) is 0. The van der Waals surface area contributed by atoms with Crippen LogP contribution in [0.25, 0.3) is 11.1 Å². The summed E-state index contributed by atoms with van der Waals surface area (Å²) in [4.78, 5) is 0. The molecule has 0 nitrogen and oxygen atoms in total. The van der Waals surface area contributed by atoms with Gasteiger partial charge in [0.2, 0.25) is 0 Å². The molecule has 2 rings (SSSR count). The number of benzene rings is 2. The second-order valence-corrected chi connectivity index (χ2v) is 3.52. The van der Waals surface area contributed by atoms with Crippen molar-refractivity contribution in [1.82, 2.24) is 0 Å². The van der Waals surface area contributed by atoms with E-state index in [0.29, 0.717) is 0 Å². The highest BCUT2D eigenvalue weighted by atomic mass is 19.1. The molecular weight excluding hydrogens is 187 g/mol. The van der Waals surface area contributed by atoms with Gasteiger partial charge in [-0.3, -0.25) is 0 Å². The Balaban J connectivity index is 2.53. The Hall–Kier alpha value is -1.63. The Kier molecular flexibility index (Phi) is 2.82. The van der Waals surface area contributed by atoms with Gasteiger partial charge in [0.15, 0.2) is 0 Å². The highest BCUT2D eigenvalue weighted by Crippen LogP contribution is 2.24. The smallest absolute Gasteiger partial charge is 0.123 e. The van der Waals surface area contributed by atoms with Crippen LogP contribution in [0.5, 0.6) is 0 Å². The Morgan fingerprint density at radius 1 is 1.00 bits per heavy atom. The van der Waals surface area contributed by atoms with Gasteiger partial charge < -0.3 is 0 Å². The molecule has 0 unspecified atom stereocenters. The van der Waals surface area contributed by atoms with Crippen LogP contribution < -0.4 is 0 Å². The van der Waals surface area contributed by atoms with Gasteiger partial charge in [-0.15, -0.1) is 0 Å². The molecule has 0 aromatic heterocycles. The van der Waals surface area contributed by atoms with Crippen LogP contribution in [0.4, 0.5) is 4.39 Å². The second kappa shape index (κ2) is 4.26. The lowest BCUT2D eigenvalue weighted by Crippen LogP contribution is -1.88. The minimum absolute atomic E-state index is 0.161. The molecular formula is C14H13F. The van der Waals surface area contributed by atoms with Gasteiger partial charge in [-0.05, 0) is 35.2 Å². The summed E-state index contributed by atoms with van der Waals surface area (Å²) in [6.07, 6.45) is 0.849. The topological polar surface area (TPSA) is 0 Å². The lowest BCUT2D eigenvalue weighted by Gasteiger charge is -2.07.